The van der Waals surface area contributed by atoms with Crippen LogP contribution in [0.3, 0.4) is 0 Å². The molecule has 34 heavy (non-hydrogen) atoms. The molecule has 2 aromatic carbocycles. The molecule has 1 fully saturated rings. The fraction of sp³-hybridized carbons (Fsp3) is 0.259. The van der Waals surface area contributed by atoms with E-state index >= 15 is 0 Å². The molecular formula is C27H27FN4O2. The highest BCUT2D eigenvalue weighted by molar-refractivity contribution is 6.36. The summed E-state index contributed by atoms with van der Waals surface area (Å²) in [4.78, 5) is 29.2. The number of carbonyl (C=O) groups excluding carboxylic acids is 2. The van der Waals surface area contributed by atoms with E-state index in [1.807, 2.05) is 31.2 Å². The Kier molecular flexibility index (Phi) is 6.02. The molecule has 2 aliphatic heterocycles. The van der Waals surface area contributed by atoms with Gasteiger partial charge >= 0.3 is 0 Å². The van der Waals surface area contributed by atoms with Crippen LogP contribution in [0.15, 0.2) is 48.5 Å². The normalized spacial score (nSPS) is 17.0. The van der Waals surface area contributed by atoms with Crippen molar-refractivity contribution >= 4 is 29.2 Å². The van der Waals surface area contributed by atoms with Gasteiger partial charge in [-0.05, 0) is 80.2 Å². The van der Waals surface area contributed by atoms with Crippen LogP contribution < -0.4 is 16.0 Å². The molecule has 0 radical (unpaired) electrons. The van der Waals surface area contributed by atoms with E-state index in [4.69, 9.17) is 0 Å². The van der Waals surface area contributed by atoms with Gasteiger partial charge in [0.2, 0.25) is 0 Å². The van der Waals surface area contributed by atoms with Crippen molar-refractivity contribution in [3.63, 3.8) is 0 Å². The summed E-state index contributed by atoms with van der Waals surface area (Å²) >= 11 is 0. The molecule has 0 unspecified atom stereocenters. The molecule has 6 nitrogen and oxygen atoms in total. The number of H-pyrrole nitrogens is 1. The second-order valence-corrected chi connectivity index (χ2v) is 8.93. The number of fused-ring (bicyclic) bond motifs is 1. The summed E-state index contributed by atoms with van der Waals surface area (Å²) in [7, 11) is 0. The first kappa shape index (κ1) is 22.1. The van der Waals surface area contributed by atoms with Crippen LogP contribution in [-0.4, -0.2) is 36.4 Å². The molecule has 0 atom stereocenters. The lowest BCUT2D eigenvalue weighted by atomic mass is 9.94. The van der Waals surface area contributed by atoms with E-state index in [-0.39, 0.29) is 17.6 Å². The Bertz CT molecular complexity index is 1290. The number of benzene rings is 2. The molecule has 174 valence electrons. The second kappa shape index (κ2) is 9.27. The van der Waals surface area contributed by atoms with E-state index in [0.717, 1.165) is 37.2 Å². The van der Waals surface area contributed by atoms with Crippen molar-refractivity contribution in [2.75, 3.05) is 25.0 Å². The molecule has 0 saturated carbocycles. The number of hydrogen-bond acceptors (Lipinski definition) is 3. The van der Waals surface area contributed by atoms with Crippen molar-refractivity contribution in [1.82, 2.24) is 15.6 Å². The first-order chi connectivity index (χ1) is 16.5. The highest BCUT2D eigenvalue weighted by Gasteiger charge is 2.28. The highest BCUT2D eigenvalue weighted by Crippen LogP contribution is 2.40. The number of aromatic nitrogens is 1. The Morgan fingerprint density at radius 2 is 1.94 bits per heavy atom. The molecule has 4 N–H and O–H groups in total. The van der Waals surface area contributed by atoms with Crippen LogP contribution in [-0.2, 0) is 4.79 Å². The van der Waals surface area contributed by atoms with Gasteiger partial charge < -0.3 is 20.9 Å². The second-order valence-electron chi connectivity index (χ2n) is 8.93. The molecule has 0 spiro atoms. The average molecular weight is 459 g/mol. The lowest BCUT2D eigenvalue weighted by Gasteiger charge is -2.22. The van der Waals surface area contributed by atoms with Crippen molar-refractivity contribution in [2.24, 2.45) is 5.92 Å². The van der Waals surface area contributed by atoms with Gasteiger partial charge in [-0.25, -0.2) is 4.39 Å². The predicted octanol–water partition coefficient (Wildman–Crippen LogP) is 4.35. The largest absolute Gasteiger partial charge is 0.358 e. The zero-order chi connectivity index (χ0) is 23.7. The fourth-order valence-electron chi connectivity index (χ4n) is 4.76. The number of piperidine rings is 1. The van der Waals surface area contributed by atoms with Gasteiger partial charge in [-0.3, -0.25) is 9.59 Å². The van der Waals surface area contributed by atoms with Gasteiger partial charge in [0, 0.05) is 23.5 Å². The van der Waals surface area contributed by atoms with Crippen molar-refractivity contribution in [3.8, 4) is 11.1 Å². The predicted molar refractivity (Wildman–Crippen MR) is 132 cm³/mol. The number of halogens is 1. The Morgan fingerprint density at radius 3 is 2.74 bits per heavy atom. The number of aromatic amines is 1. The molecule has 7 heteroatoms. The topological polar surface area (TPSA) is 86.0 Å². The third kappa shape index (κ3) is 4.39. The van der Waals surface area contributed by atoms with Crippen molar-refractivity contribution in [2.45, 2.75) is 19.8 Å². The number of amides is 2. The van der Waals surface area contributed by atoms with Gasteiger partial charge in [0.05, 0.1) is 16.8 Å². The van der Waals surface area contributed by atoms with E-state index < -0.39 is 0 Å². The Balaban J connectivity index is 1.49. The SMILES string of the molecule is Cc1cc(C(=O)NCC2CCNCC2)c(/C=C2\C(=O)Nc3cccc(-c4cccc(F)c4)c32)[nH]1. The molecule has 2 aliphatic rings. The number of hydrogen-bond donors (Lipinski definition) is 4. The standard InChI is InChI=1S/C27H27FN4O2/c1-16-12-21(26(33)30-15-17-8-10-29-11-9-17)24(31-16)14-22-25-20(18-4-2-5-19(28)13-18)6-3-7-23(25)32-27(22)34/h2-7,12-14,17,29,31H,8-11,15H2,1H3,(H,30,33)(H,32,34)/b22-14-. The molecule has 1 aromatic heterocycles. The van der Waals surface area contributed by atoms with E-state index in [9.17, 15) is 14.0 Å². The van der Waals surface area contributed by atoms with E-state index in [0.29, 0.717) is 46.1 Å². The van der Waals surface area contributed by atoms with Gasteiger partial charge in [-0.15, -0.1) is 0 Å². The van der Waals surface area contributed by atoms with Crippen LogP contribution in [0.1, 0.15) is 40.2 Å². The molecule has 0 aliphatic carbocycles. The maximum atomic E-state index is 13.9. The molecule has 3 aromatic rings. The molecule has 2 amide bonds. The molecular weight excluding hydrogens is 431 g/mol. The van der Waals surface area contributed by atoms with E-state index in [1.54, 1.807) is 18.2 Å². The van der Waals surface area contributed by atoms with Crippen LogP contribution >= 0.6 is 0 Å². The van der Waals surface area contributed by atoms with Gasteiger partial charge in [-0.1, -0.05) is 24.3 Å². The number of anilines is 1. The van der Waals surface area contributed by atoms with Crippen LogP contribution in [0.4, 0.5) is 10.1 Å². The van der Waals surface area contributed by atoms with Crippen LogP contribution in [0.2, 0.25) is 0 Å². The monoisotopic (exact) mass is 458 g/mol. The summed E-state index contributed by atoms with van der Waals surface area (Å²) in [6.45, 7) is 4.47. The van der Waals surface area contributed by atoms with Gasteiger partial charge in [-0.2, -0.15) is 0 Å². The number of nitrogens with one attached hydrogen (secondary N) is 4. The van der Waals surface area contributed by atoms with E-state index in [2.05, 4.69) is 20.9 Å². The molecule has 5 rings (SSSR count). The van der Waals surface area contributed by atoms with Crippen molar-refractivity contribution < 1.29 is 14.0 Å². The minimum atomic E-state index is -0.342. The highest BCUT2D eigenvalue weighted by atomic mass is 19.1. The van der Waals surface area contributed by atoms with Gasteiger partial charge in [0.1, 0.15) is 5.82 Å². The minimum Gasteiger partial charge on any atom is -0.358 e. The van der Waals surface area contributed by atoms with Crippen molar-refractivity contribution in [1.29, 1.82) is 0 Å². The lowest BCUT2D eigenvalue weighted by molar-refractivity contribution is -0.110. The molecule has 3 heterocycles. The summed E-state index contributed by atoms with van der Waals surface area (Å²) in [6.07, 6.45) is 3.81. The summed E-state index contributed by atoms with van der Waals surface area (Å²) in [5.74, 6) is -0.294. The van der Waals surface area contributed by atoms with Crippen LogP contribution in [0.5, 0.6) is 0 Å². The summed E-state index contributed by atoms with van der Waals surface area (Å²) in [5, 5.41) is 9.29. The third-order valence-corrected chi connectivity index (χ3v) is 6.49. The fourth-order valence-corrected chi connectivity index (χ4v) is 4.76. The quantitative estimate of drug-likeness (QED) is 0.429. The Hall–Kier alpha value is -3.71. The summed E-state index contributed by atoms with van der Waals surface area (Å²) < 4.78 is 13.9. The zero-order valence-corrected chi connectivity index (χ0v) is 19.0. The molecule has 1 saturated heterocycles. The number of carbonyl (C=O) groups is 2. The van der Waals surface area contributed by atoms with Crippen LogP contribution in [0, 0.1) is 18.7 Å². The lowest BCUT2D eigenvalue weighted by Crippen LogP contribution is -2.36. The van der Waals surface area contributed by atoms with Crippen LogP contribution in [0.25, 0.3) is 22.8 Å². The first-order valence-corrected chi connectivity index (χ1v) is 11.6. The Morgan fingerprint density at radius 1 is 1.15 bits per heavy atom. The minimum absolute atomic E-state index is 0.160. The van der Waals surface area contributed by atoms with Crippen molar-refractivity contribution in [3.05, 3.63) is 76.9 Å². The summed E-state index contributed by atoms with van der Waals surface area (Å²) in [5.41, 5.74) is 5.14. The smallest absolute Gasteiger partial charge is 0.256 e. The maximum absolute atomic E-state index is 13.9. The maximum Gasteiger partial charge on any atom is 0.256 e. The molecule has 0 bridgehead atoms. The number of rotatable bonds is 5. The average Bonchev–Trinajstić information content (AvgIpc) is 3.37. The number of aryl methyl sites for hydroxylation is 1. The summed E-state index contributed by atoms with van der Waals surface area (Å²) in [6, 6.07) is 13.6. The van der Waals surface area contributed by atoms with Gasteiger partial charge in [0.25, 0.3) is 11.8 Å². The van der Waals surface area contributed by atoms with Gasteiger partial charge in [0.15, 0.2) is 0 Å². The Labute approximate surface area is 197 Å². The third-order valence-electron chi connectivity index (χ3n) is 6.49. The zero-order valence-electron chi connectivity index (χ0n) is 19.0. The van der Waals surface area contributed by atoms with E-state index in [1.165, 1.54) is 12.1 Å². The first-order valence-electron chi connectivity index (χ1n) is 11.6.